The lowest BCUT2D eigenvalue weighted by atomic mass is 9.76. The summed E-state index contributed by atoms with van der Waals surface area (Å²) in [5, 5.41) is 25.3. The summed E-state index contributed by atoms with van der Waals surface area (Å²) in [4.78, 5) is 23.8. The van der Waals surface area contributed by atoms with E-state index in [4.69, 9.17) is 34.8 Å². The van der Waals surface area contributed by atoms with Gasteiger partial charge in [0.05, 0.1) is 32.5 Å². The zero-order valence-corrected chi connectivity index (χ0v) is 21.1. The minimum absolute atomic E-state index is 0.0204. The van der Waals surface area contributed by atoms with Crippen LogP contribution in [0.4, 0.5) is 11.4 Å². The molecule has 35 heavy (non-hydrogen) atoms. The van der Waals surface area contributed by atoms with E-state index >= 15 is 0 Å². The molecular weight excluding hydrogens is 531 g/mol. The minimum atomic E-state index is -1.04. The molecule has 3 aromatic carbocycles. The summed E-state index contributed by atoms with van der Waals surface area (Å²) >= 11 is 21.2. The molecule has 1 aliphatic carbocycles. The number of carboxylic acid groups (broad SMARTS) is 1. The number of aromatic carboxylic acids is 1. The van der Waals surface area contributed by atoms with Crippen LogP contribution in [0.25, 0.3) is 0 Å². The molecule has 3 aromatic rings. The fourth-order valence-electron chi connectivity index (χ4n) is 5.25. The molecule has 1 aliphatic heterocycles. The highest BCUT2D eigenvalue weighted by molar-refractivity contribution is 8.00. The predicted octanol–water partition coefficient (Wildman–Crippen LogP) is 7.64. The number of nitrogens with one attached hydrogen (secondary N) is 1. The van der Waals surface area contributed by atoms with Gasteiger partial charge < -0.3 is 10.4 Å². The highest BCUT2D eigenvalue weighted by Gasteiger charge is 2.51. The number of fused-ring (bicyclic) bond motifs is 3. The molecule has 10 heteroatoms. The Labute approximate surface area is 220 Å². The highest BCUT2D eigenvalue weighted by Crippen LogP contribution is 2.59. The van der Waals surface area contributed by atoms with Gasteiger partial charge in [-0.05, 0) is 47.7 Å². The number of benzene rings is 3. The molecule has 5 atom stereocenters. The summed E-state index contributed by atoms with van der Waals surface area (Å²) < 4.78 is 0. The van der Waals surface area contributed by atoms with E-state index in [0.29, 0.717) is 27.0 Å². The van der Waals surface area contributed by atoms with E-state index in [0.717, 1.165) is 11.1 Å². The number of alkyl halides is 1. The van der Waals surface area contributed by atoms with Crippen LogP contribution in [0.5, 0.6) is 0 Å². The molecule has 5 rings (SSSR count). The molecule has 0 saturated heterocycles. The maximum absolute atomic E-state index is 12.0. The van der Waals surface area contributed by atoms with Crippen molar-refractivity contribution < 1.29 is 14.8 Å². The van der Waals surface area contributed by atoms with Gasteiger partial charge in [-0.15, -0.1) is 23.4 Å². The van der Waals surface area contributed by atoms with Crippen LogP contribution in [0.1, 0.15) is 39.9 Å². The van der Waals surface area contributed by atoms with Gasteiger partial charge >= 0.3 is 5.97 Å². The summed E-state index contributed by atoms with van der Waals surface area (Å²) in [5.74, 6) is -1.24. The van der Waals surface area contributed by atoms with E-state index in [1.165, 1.54) is 17.8 Å². The van der Waals surface area contributed by atoms with E-state index in [-0.39, 0.29) is 44.7 Å². The lowest BCUT2D eigenvalue weighted by Crippen LogP contribution is -2.32. The summed E-state index contributed by atoms with van der Waals surface area (Å²) in [6.45, 7) is 0. The number of carbonyl (C=O) groups is 1. The number of para-hydroxylation sites is 2. The Balaban J connectivity index is 1.60. The Morgan fingerprint density at radius 1 is 1.09 bits per heavy atom. The molecule has 1 fully saturated rings. The number of halogens is 3. The van der Waals surface area contributed by atoms with Crippen LogP contribution >= 0.6 is 46.6 Å². The van der Waals surface area contributed by atoms with E-state index in [1.807, 2.05) is 12.1 Å². The Hall–Kier alpha value is -2.45. The molecule has 2 N–H and O–H groups in total. The number of thioether (sulfide) groups is 1. The van der Waals surface area contributed by atoms with Crippen molar-refractivity contribution in [2.24, 2.45) is 5.92 Å². The molecule has 1 heterocycles. The molecule has 180 valence electrons. The molecule has 0 amide bonds. The first-order valence-corrected chi connectivity index (χ1v) is 12.9. The van der Waals surface area contributed by atoms with Crippen LogP contribution < -0.4 is 5.32 Å². The first-order valence-electron chi connectivity index (χ1n) is 10.9. The SMILES string of the molecule is O=C(O)c1cccc2c1N[C@H](c1ccc(Cl)cc1Cl)[C@H]1C[C@H](Sc3ccccc3[N+](=O)[O-])[C@@H](Cl)[C@@H]21. The standard InChI is InChI=1S/C25H19Cl3N2O4S/c26-12-8-9-13(17(27)10-12)23-16-11-20(35-19-7-2-1-6-18(19)30(33)34)22(28)21(16)14-4-3-5-15(25(31)32)24(14)29-23/h1-10,16,20-23,29H,11H2,(H,31,32)/t16-,20-,21-,22+,23+/m0/s1. The fourth-order valence-corrected chi connectivity index (χ4v) is 7.72. The quantitative estimate of drug-likeness (QED) is 0.193. The molecule has 0 radical (unpaired) electrons. The van der Waals surface area contributed by atoms with Gasteiger partial charge in [0, 0.05) is 27.3 Å². The number of anilines is 1. The third-order valence-corrected chi connectivity index (χ3v) is 9.39. The average Bonchev–Trinajstić information content (AvgIpc) is 3.14. The van der Waals surface area contributed by atoms with Crippen LogP contribution in [0, 0.1) is 16.0 Å². The molecule has 0 bridgehead atoms. The number of carboxylic acids is 1. The van der Waals surface area contributed by atoms with Crippen LogP contribution in [-0.4, -0.2) is 26.6 Å². The van der Waals surface area contributed by atoms with Crippen LogP contribution in [0.3, 0.4) is 0 Å². The summed E-state index contributed by atoms with van der Waals surface area (Å²) in [6.07, 6.45) is 0.656. The topological polar surface area (TPSA) is 92.5 Å². The summed E-state index contributed by atoms with van der Waals surface area (Å²) in [5.41, 5.74) is 2.37. The lowest BCUT2D eigenvalue weighted by molar-refractivity contribution is -0.387. The first kappa shape index (κ1) is 24.3. The summed E-state index contributed by atoms with van der Waals surface area (Å²) in [7, 11) is 0. The number of nitrogens with zero attached hydrogens (tertiary/aromatic N) is 1. The van der Waals surface area contributed by atoms with Gasteiger partial charge in [-0.25, -0.2) is 4.79 Å². The van der Waals surface area contributed by atoms with Gasteiger partial charge in [-0.3, -0.25) is 10.1 Å². The van der Waals surface area contributed by atoms with Crippen molar-refractivity contribution >= 4 is 63.9 Å². The maximum atomic E-state index is 12.0. The van der Waals surface area contributed by atoms with E-state index in [9.17, 15) is 20.0 Å². The largest absolute Gasteiger partial charge is 0.478 e. The van der Waals surface area contributed by atoms with E-state index in [2.05, 4.69) is 5.32 Å². The van der Waals surface area contributed by atoms with Crippen molar-refractivity contribution in [1.29, 1.82) is 0 Å². The second-order valence-electron chi connectivity index (χ2n) is 8.61. The zero-order chi connectivity index (χ0) is 24.9. The number of hydrogen-bond donors (Lipinski definition) is 2. The highest BCUT2D eigenvalue weighted by atomic mass is 35.5. The molecule has 0 spiro atoms. The van der Waals surface area contributed by atoms with Gasteiger partial charge in [-0.2, -0.15) is 0 Å². The molecule has 6 nitrogen and oxygen atoms in total. The van der Waals surface area contributed by atoms with Gasteiger partial charge in [0.1, 0.15) is 0 Å². The van der Waals surface area contributed by atoms with Gasteiger partial charge in [0.2, 0.25) is 0 Å². The van der Waals surface area contributed by atoms with Crippen LogP contribution in [-0.2, 0) is 0 Å². The third-order valence-electron chi connectivity index (χ3n) is 6.72. The monoisotopic (exact) mass is 548 g/mol. The van der Waals surface area contributed by atoms with Crippen molar-refractivity contribution in [2.45, 2.75) is 33.9 Å². The number of rotatable bonds is 5. The first-order chi connectivity index (χ1) is 16.8. The number of nitro groups is 1. The Morgan fingerprint density at radius 3 is 2.57 bits per heavy atom. The number of hydrogen-bond acceptors (Lipinski definition) is 5. The third kappa shape index (κ3) is 4.35. The van der Waals surface area contributed by atoms with Crippen molar-refractivity contribution in [1.82, 2.24) is 0 Å². The zero-order valence-electron chi connectivity index (χ0n) is 18.0. The Bertz CT molecular complexity index is 1340. The average molecular weight is 550 g/mol. The predicted molar refractivity (Wildman–Crippen MR) is 139 cm³/mol. The fraction of sp³-hybridized carbons (Fsp3) is 0.240. The molecule has 1 saturated carbocycles. The van der Waals surface area contributed by atoms with E-state index in [1.54, 1.807) is 42.5 Å². The van der Waals surface area contributed by atoms with Crippen molar-refractivity contribution in [3.05, 3.63) is 97.5 Å². The smallest absolute Gasteiger partial charge is 0.337 e. The Morgan fingerprint density at radius 2 is 1.86 bits per heavy atom. The van der Waals surface area contributed by atoms with Gasteiger partial charge in [-0.1, -0.05) is 53.5 Å². The van der Waals surface area contributed by atoms with Crippen LogP contribution in [0.2, 0.25) is 10.0 Å². The lowest BCUT2D eigenvalue weighted by Gasteiger charge is -2.39. The molecule has 0 aromatic heterocycles. The molecular formula is C25H19Cl3N2O4S. The van der Waals surface area contributed by atoms with E-state index < -0.39 is 5.97 Å². The Kier molecular flexibility index (Phi) is 6.61. The maximum Gasteiger partial charge on any atom is 0.337 e. The van der Waals surface area contributed by atoms with Crippen molar-refractivity contribution in [3.8, 4) is 0 Å². The second kappa shape index (κ2) is 9.54. The molecule has 2 aliphatic rings. The second-order valence-corrected chi connectivity index (χ2v) is 11.2. The van der Waals surface area contributed by atoms with Crippen molar-refractivity contribution in [3.63, 3.8) is 0 Å². The molecule has 0 unspecified atom stereocenters. The number of nitro benzene ring substituents is 1. The van der Waals surface area contributed by atoms with Gasteiger partial charge in [0.15, 0.2) is 0 Å². The normalized spacial score (nSPS) is 24.8. The van der Waals surface area contributed by atoms with Crippen molar-refractivity contribution in [2.75, 3.05) is 5.32 Å². The van der Waals surface area contributed by atoms with Crippen LogP contribution in [0.15, 0.2) is 65.6 Å². The van der Waals surface area contributed by atoms with Gasteiger partial charge in [0.25, 0.3) is 5.69 Å². The summed E-state index contributed by atoms with van der Waals surface area (Å²) in [6, 6.07) is 16.8. The minimum Gasteiger partial charge on any atom is -0.478 e.